The van der Waals surface area contributed by atoms with Crippen molar-refractivity contribution in [2.75, 3.05) is 6.54 Å². The van der Waals surface area contributed by atoms with Crippen molar-refractivity contribution in [3.05, 3.63) is 51.9 Å². The summed E-state index contributed by atoms with van der Waals surface area (Å²) in [4.78, 5) is 29.3. The maximum atomic E-state index is 12.9. The van der Waals surface area contributed by atoms with Crippen LogP contribution in [0.5, 0.6) is 0 Å². The van der Waals surface area contributed by atoms with Crippen molar-refractivity contribution in [2.45, 2.75) is 33.1 Å². The summed E-state index contributed by atoms with van der Waals surface area (Å²) in [7, 11) is 1.86. The van der Waals surface area contributed by atoms with Gasteiger partial charge in [-0.3, -0.25) is 9.59 Å². The summed E-state index contributed by atoms with van der Waals surface area (Å²) in [5, 5.41) is 7.23. The van der Waals surface area contributed by atoms with Gasteiger partial charge in [-0.05, 0) is 19.8 Å². The highest BCUT2D eigenvalue weighted by Crippen LogP contribution is 2.16. The van der Waals surface area contributed by atoms with Crippen molar-refractivity contribution in [2.24, 2.45) is 7.05 Å². The van der Waals surface area contributed by atoms with E-state index in [4.69, 9.17) is 0 Å². The number of carbonyl (C=O) groups is 1. The molecule has 0 unspecified atom stereocenters. The van der Waals surface area contributed by atoms with Crippen molar-refractivity contribution < 1.29 is 4.79 Å². The average Bonchev–Trinajstić information content (AvgIpc) is 3.11. The number of fused-ring (bicyclic) bond motifs is 1. The largest absolute Gasteiger partial charge is 0.356 e. The minimum Gasteiger partial charge on any atom is -0.356 e. The van der Waals surface area contributed by atoms with Crippen LogP contribution in [0.3, 0.4) is 0 Å². The lowest BCUT2D eigenvalue weighted by Crippen LogP contribution is -2.28. The lowest BCUT2D eigenvalue weighted by Gasteiger charge is -2.11. The second-order valence-corrected chi connectivity index (χ2v) is 6.29. The van der Waals surface area contributed by atoms with Gasteiger partial charge in [0.15, 0.2) is 5.82 Å². The van der Waals surface area contributed by atoms with Crippen molar-refractivity contribution in [3.63, 3.8) is 0 Å². The molecule has 0 aliphatic heterocycles. The molecule has 3 rings (SSSR count). The molecule has 0 saturated heterocycles. The number of rotatable bonds is 6. The third kappa shape index (κ3) is 3.37. The Hall–Kier alpha value is -2.96. The number of amides is 1. The van der Waals surface area contributed by atoms with E-state index >= 15 is 0 Å². The zero-order chi connectivity index (χ0) is 18.7. The molecule has 2 aromatic heterocycles. The monoisotopic (exact) mass is 353 g/mol. The molecule has 3 aromatic rings. The van der Waals surface area contributed by atoms with Crippen LogP contribution >= 0.6 is 0 Å². The molecule has 7 nitrogen and oxygen atoms in total. The summed E-state index contributed by atoms with van der Waals surface area (Å²) in [6, 6.07) is 9.55. The van der Waals surface area contributed by atoms with Gasteiger partial charge in [0.05, 0.1) is 0 Å². The van der Waals surface area contributed by atoms with E-state index in [0.717, 1.165) is 17.7 Å². The molecule has 0 fully saturated rings. The number of aromatic nitrogens is 4. The molecule has 1 N–H and O–H groups in total. The van der Waals surface area contributed by atoms with Gasteiger partial charge in [0.1, 0.15) is 0 Å². The summed E-state index contributed by atoms with van der Waals surface area (Å²) in [5.41, 5.74) is 2.04. The van der Waals surface area contributed by atoms with Crippen molar-refractivity contribution in [1.82, 2.24) is 24.5 Å². The molecule has 0 aliphatic rings. The topological polar surface area (TPSA) is 81.3 Å². The van der Waals surface area contributed by atoms with Crippen LogP contribution in [0, 0.1) is 6.92 Å². The van der Waals surface area contributed by atoms with Crippen LogP contribution in [-0.4, -0.2) is 31.6 Å². The Kier molecular flexibility index (Phi) is 5.16. The Labute approximate surface area is 151 Å². The molecule has 7 heteroatoms. The van der Waals surface area contributed by atoms with E-state index in [-0.39, 0.29) is 17.9 Å². The normalized spacial score (nSPS) is 11.0. The van der Waals surface area contributed by atoms with Gasteiger partial charge in [-0.2, -0.15) is 9.50 Å². The highest BCUT2D eigenvalue weighted by Gasteiger charge is 2.17. The molecular weight excluding hydrogens is 330 g/mol. The molecule has 0 aliphatic carbocycles. The van der Waals surface area contributed by atoms with Crippen LogP contribution in [0.15, 0.2) is 35.1 Å². The lowest BCUT2D eigenvalue weighted by molar-refractivity contribution is -0.121. The first-order valence-corrected chi connectivity index (χ1v) is 8.80. The Morgan fingerprint density at radius 2 is 1.96 bits per heavy atom. The molecule has 2 heterocycles. The van der Waals surface area contributed by atoms with Crippen molar-refractivity contribution in [1.29, 1.82) is 0 Å². The van der Waals surface area contributed by atoms with Gasteiger partial charge in [0.25, 0.3) is 5.56 Å². The molecule has 136 valence electrons. The van der Waals surface area contributed by atoms with E-state index in [2.05, 4.69) is 15.4 Å². The Morgan fingerprint density at radius 1 is 1.23 bits per heavy atom. The molecule has 0 saturated carbocycles. The van der Waals surface area contributed by atoms with Crippen LogP contribution in [0.25, 0.3) is 17.2 Å². The van der Waals surface area contributed by atoms with Crippen LogP contribution in [0.1, 0.15) is 31.0 Å². The molecule has 1 aromatic carbocycles. The highest BCUT2D eigenvalue weighted by molar-refractivity contribution is 5.76. The SMILES string of the molecule is CCCNC(=O)CCc1c(C)n(C)c2nc(-c3ccccc3)nn2c1=O. The first kappa shape index (κ1) is 17.8. The standard InChI is InChI=1S/C19H23N5O2/c1-4-12-20-16(25)11-10-15-13(2)23(3)19-21-17(22-24(19)18(15)26)14-8-6-5-7-9-14/h5-9H,4,10-12H2,1-3H3,(H,20,25). The zero-order valence-corrected chi connectivity index (χ0v) is 15.3. The Bertz CT molecular complexity index is 989. The van der Waals surface area contributed by atoms with Crippen LogP contribution < -0.4 is 10.9 Å². The molecule has 0 spiro atoms. The predicted molar refractivity (Wildman–Crippen MR) is 100 cm³/mol. The van der Waals surface area contributed by atoms with Gasteiger partial charge in [-0.15, -0.1) is 5.10 Å². The van der Waals surface area contributed by atoms with Gasteiger partial charge >= 0.3 is 0 Å². The van der Waals surface area contributed by atoms with E-state index in [1.165, 1.54) is 4.52 Å². The van der Waals surface area contributed by atoms with Gasteiger partial charge in [0.2, 0.25) is 11.7 Å². The minimum absolute atomic E-state index is 0.0445. The smallest absolute Gasteiger partial charge is 0.279 e. The van der Waals surface area contributed by atoms with Gasteiger partial charge in [-0.1, -0.05) is 37.3 Å². The van der Waals surface area contributed by atoms with E-state index in [1.54, 1.807) is 0 Å². The summed E-state index contributed by atoms with van der Waals surface area (Å²) in [5.74, 6) is 0.957. The van der Waals surface area contributed by atoms with Gasteiger partial charge < -0.3 is 9.88 Å². The fourth-order valence-electron chi connectivity index (χ4n) is 2.88. The number of nitrogens with zero attached hydrogens (tertiary/aromatic N) is 4. The molecule has 0 radical (unpaired) electrons. The van der Waals surface area contributed by atoms with Crippen molar-refractivity contribution in [3.8, 4) is 11.4 Å². The maximum Gasteiger partial charge on any atom is 0.279 e. The highest BCUT2D eigenvalue weighted by atomic mass is 16.1. The molecule has 26 heavy (non-hydrogen) atoms. The number of benzene rings is 1. The molecular formula is C19H23N5O2. The third-order valence-electron chi connectivity index (χ3n) is 4.49. The number of aryl methyl sites for hydroxylation is 1. The fourth-order valence-corrected chi connectivity index (χ4v) is 2.88. The zero-order valence-electron chi connectivity index (χ0n) is 15.3. The lowest BCUT2D eigenvalue weighted by atomic mass is 10.1. The van der Waals surface area contributed by atoms with E-state index in [9.17, 15) is 9.59 Å². The number of hydrogen-bond acceptors (Lipinski definition) is 4. The second kappa shape index (κ2) is 7.51. The maximum absolute atomic E-state index is 12.9. The van der Waals surface area contributed by atoms with Crippen molar-refractivity contribution >= 4 is 11.7 Å². The Morgan fingerprint density at radius 3 is 2.65 bits per heavy atom. The predicted octanol–water partition coefficient (Wildman–Crippen LogP) is 1.86. The van der Waals surface area contributed by atoms with E-state index < -0.39 is 0 Å². The minimum atomic E-state index is -0.214. The van der Waals surface area contributed by atoms with Gasteiger partial charge in [-0.25, -0.2) is 0 Å². The van der Waals surface area contributed by atoms with Crippen LogP contribution in [0.2, 0.25) is 0 Å². The number of carbonyl (C=O) groups excluding carboxylic acids is 1. The number of hydrogen-bond donors (Lipinski definition) is 1. The molecule has 0 atom stereocenters. The summed E-state index contributed by atoms with van der Waals surface area (Å²) < 4.78 is 3.18. The van der Waals surface area contributed by atoms with Crippen LogP contribution in [-0.2, 0) is 18.3 Å². The summed E-state index contributed by atoms with van der Waals surface area (Å²) in [6.45, 7) is 4.53. The first-order chi connectivity index (χ1) is 12.5. The second-order valence-electron chi connectivity index (χ2n) is 6.29. The quantitative estimate of drug-likeness (QED) is 0.733. The van der Waals surface area contributed by atoms with E-state index in [0.29, 0.717) is 30.1 Å². The first-order valence-electron chi connectivity index (χ1n) is 8.80. The van der Waals surface area contributed by atoms with E-state index in [1.807, 2.05) is 55.8 Å². The molecule has 1 amide bonds. The fraction of sp³-hybridized carbons (Fsp3) is 0.368. The summed E-state index contributed by atoms with van der Waals surface area (Å²) >= 11 is 0. The third-order valence-corrected chi connectivity index (χ3v) is 4.49. The summed E-state index contributed by atoms with van der Waals surface area (Å²) in [6.07, 6.45) is 1.55. The number of nitrogens with one attached hydrogen (secondary N) is 1. The van der Waals surface area contributed by atoms with Crippen LogP contribution in [0.4, 0.5) is 0 Å². The molecule has 0 bridgehead atoms. The average molecular weight is 353 g/mol. The van der Waals surface area contributed by atoms with Gasteiger partial charge in [0, 0.05) is 36.8 Å². The Balaban J connectivity index is 1.98.